The summed E-state index contributed by atoms with van der Waals surface area (Å²) in [4.78, 5) is 16.5. The lowest BCUT2D eigenvalue weighted by atomic mass is 9.93. The zero-order valence-electron chi connectivity index (χ0n) is 13.1. The van der Waals surface area contributed by atoms with Crippen molar-refractivity contribution in [1.82, 2.24) is 15.6 Å². The number of rotatable bonds is 6. The van der Waals surface area contributed by atoms with Gasteiger partial charge in [-0.15, -0.1) is 11.3 Å². The van der Waals surface area contributed by atoms with Gasteiger partial charge in [0.2, 0.25) is 5.91 Å². The average molecular weight is 352 g/mol. The molecule has 3 rings (SSSR count). The molecule has 2 heterocycles. The number of hydrogen-bond donors (Lipinski definition) is 2. The van der Waals surface area contributed by atoms with E-state index in [4.69, 9.17) is 11.6 Å². The first-order valence-corrected chi connectivity index (χ1v) is 9.42. The number of piperidine rings is 1. The Balaban J connectivity index is 1.40. The van der Waals surface area contributed by atoms with Crippen molar-refractivity contribution in [2.24, 2.45) is 5.92 Å². The lowest BCUT2D eigenvalue weighted by Gasteiger charge is -2.22. The van der Waals surface area contributed by atoms with Gasteiger partial charge in [0.1, 0.15) is 0 Å². The molecule has 0 radical (unpaired) electrons. The van der Waals surface area contributed by atoms with Gasteiger partial charge in [-0.25, -0.2) is 4.98 Å². The molecule has 2 aromatic rings. The number of fused-ring (bicyclic) bond motifs is 1. The van der Waals surface area contributed by atoms with E-state index >= 15 is 0 Å². The van der Waals surface area contributed by atoms with Crippen molar-refractivity contribution in [3.63, 3.8) is 0 Å². The normalized spacial score (nSPS) is 15.9. The van der Waals surface area contributed by atoms with Crippen LogP contribution in [0.15, 0.2) is 18.2 Å². The van der Waals surface area contributed by atoms with Gasteiger partial charge >= 0.3 is 0 Å². The van der Waals surface area contributed by atoms with Crippen LogP contribution >= 0.6 is 22.9 Å². The second-order valence-corrected chi connectivity index (χ2v) is 7.60. The summed E-state index contributed by atoms with van der Waals surface area (Å²) in [5, 5.41) is 8.12. The number of halogens is 1. The molecule has 1 aliphatic heterocycles. The Bertz CT molecular complexity index is 667. The van der Waals surface area contributed by atoms with Gasteiger partial charge in [-0.1, -0.05) is 11.6 Å². The van der Waals surface area contributed by atoms with Crippen LogP contribution in [0.2, 0.25) is 5.02 Å². The SMILES string of the molecule is O=C(CCC1CCNCC1)NCCc1nc2cc(Cl)ccc2s1. The molecule has 0 spiro atoms. The van der Waals surface area contributed by atoms with E-state index in [0.29, 0.717) is 23.9 Å². The summed E-state index contributed by atoms with van der Waals surface area (Å²) in [6, 6.07) is 5.76. The predicted octanol–water partition coefficient (Wildman–Crippen LogP) is 3.39. The Morgan fingerprint density at radius 1 is 1.39 bits per heavy atom. The van der Waals surface area contributed by atoms with Crippen LogP contribution < -0.4 is 10.6 Å². The highest BCUT2D eigenvalue weighted by molar-refractivity contribution is 7.18. The Morgan fingerprint density at radius 3 is 3.04 bits per heavy atom. The summed E-state index contributed by atoms with van der Waals surface area (Å²) >= 11 is 7.64. The minimum atomic E-state index is 0.160. The van der Waals surface area contributed by atoms with Crippen molar-refractivity contribution in [2.75, 3.05) is 19.6 Å². The maximum atomic E-state index is 11.9. The van der Waals surface area contributed by atoms with E-state index in [-0.39, 0.29) is 5.91 Å². The molecule has 0 atom stereocenters. The molecule has 2 N–H and O–H groups in total. The molecule has 23 heavy (non-hydrogen) atoms. The molecule has 0 saturated carbocycles. The molecule has 1 fully saturated rings. The summed E-state index contributed by atoms with van der Waals surface area (Å²) in [5.74, 6) is 0.865. The zero-order chi connectivity index (χ0) is 16.1. The highest BCUT2D eigenvalue weighted by atomic mass is 35.5. The fourth-order valence-corrected chi connectivity index (χ4v) is 4.07. The molecular weight excluding hydrogens is 330 g/mol. The van der Waals surface area contributed by atoms with Gasteiger partial charge in [-0.2, -0.15) is 0 Å². The van der Waals surface area contributed by atoms with Crippen LogP contribution in [0.5, 0.6) is 0 Å². The van der Waals surface area contributed by atoms with Crippen molar-refractivity contribution < 1.29 is 4.79 Å². The summed E-state index contributed by atoms with van der Waals surface area (Å²) in [5.41, 5.74) is 0.940. The number of carbonyl (C=O) groups excluding carboxylic acids is 1. The number of nitrogens with zero attached hydrogens (tertiary/aromatic N) is 1. The number of thiazole rings is 1. The summed E-state index contributed by atoms with van der Waals surface area (Å²) in [7, 11) is 0. The summed E-state index contributed by atoms with van der Waals surface area (Å²) in [6.07, 6.45) is 4.81. The number of nitrogens with one attached hydrogen (secondary N) is 2. The van der Waals surface area contributed by atoms with Crippen molar-refractivity contribution in [3.05, 3.63) is 28.2 Å². The van der Waals surface area contributed by atoms with Gasteiger partial charge in [-0.3, -0.25) is 4.79 Å². The number of aromatic nitrogens is 1. The second kappa shape index (κ2) is 8.08. The van der Waals surface area contributed by atoms with E-state index in [0.717, 1.165) is 41.2 Å². The van der Waals surface area contributed by atoms with Crippen LogP contribution in [0.1, 0.15) is 30.7 Å². The van der Waals surface area contributed by atoms with Gasteiger partial charge in [0.25, 0.3) is 0 Å². The topological polar surface area (TPSA) is 54.0 Å². The third kappa shape index (κ3) is 4.90. The Kier molecular flexibility index (Phi) is 5.86. The fraction of sp³-hybridized carbons (Fsp3) is 0.529. The minimum Gasteiger partial charge on any atom is -0.356 e. The van der Waals surface area contributed by atoms with E-state index in [1.165, 1.54) is 12.8 Å². The minimum absolute atomic E-state index is 0.160. The third-order valence-corrected chi connectivity index (χ3v) is 5.62. The quantitative estimate of drug-likeness (QED) is 0.838. The van der Waals surface area contributed by atoms with Crippen molar-refractivity contribution >= 4 is 39.1 Å². The van der Waals surface area contributed by atoms with Crippen LogP contribution in [-0.2, 0) is 11.2 Å². The van der Waals surface area contributed by atoms with Crippen molar-refractivity contribution in [1.29, 1.82) is 0 Å². The molecular formula is C17H22ClN3OS. The lowest BCUT2D eigenvalue weighted by Crippen LogP contribution is -2.30. The van der Waals surface area contributed by atoms with Gasteiger partial charge in [0.05, 0.1) is 15.2 Å². The predicted molar refractivity (Wildman–Crippen MR) is 96.2 cm³/mol. The van der Waals surface area contributed by atoms with Crippen LogP contribution in [0.3, 0.4) is 0 Å². The number of amides is 1. The molecule has 0 bridgehead atoms. The molecule has 6 heteroatoms. The standard InChI is InChI=1S/C17H22ClN3OS/c18-13-2-3-15-14(11-13)21-17(23-15)7-10-20-16(22)4-1-12-5-8-19-9-6-12/h2-3,11-12,19H,1,4-10H2,(H,20,22). The van der Waals surface area contributed by atoms with E-state index in [2.05, 4.69) is 15.6 Å². The molecule has 1 aromatic carbocycles. The summed E-state index contributed by atoms with van der Waals surface area (Å²) in [6.45, 7) is 2.83. The average Bonchev–Trinajstić information content (AvgIpc) is 2.95. The number of hydrogen-bond acceptors (Lipinski definition) is 4. The number of benzene rings is 1. The first kappa shape index (κ1) is 16.7. The third-order valence-electron chi connectivity index (χ3n) is 4.29. The molecule has 1 aliphatic rings. The van der Waals surface area contributed by atoms with Crippen molar-refractivity contribution in [3.8, 4) is 0 Å². The van der Waals surface area contributed by atoms with Crippen molar-refractivity contribution in [2.45, 2.75) is 32.1 Å². The highest BCUT2D eigenvalue weighted by Gasteiger charge is 2.14. The van der Waals surface area contributed by atoms with Gasteiger partial charge < -0.3 is 10.6 Å². The van der Waals surface area contributed by atoms with Gasteiger partial charge in [0, 0.05) is 24.4 Å². The largest absolute Gasteiger partial charge is 0.356 e. The zero-order valence-corrected chi connectivity index (χ0v) is 14.7. The Labute approximate surface area is 145 Å². The molecule has 124 valence electrons. The van der Waals surface area contributed by atoms with Crippen LogP contribution in [0.4, 0.5) is 0 Å². The maximum absolute atomic E-state index is 11.9. The Hall–Kier alpha value is -1.17. The van der Waals surface area contributed by atoms with Crippen LogP contribution in [-0.4, -0.2) is 30.5 Å². The van der Waals surface area contributed by atoms with Crippen LogP contribution in [0, 0.1) is 5.92 Å². The van der Waals surface area contributed by atoms with Gasteiger partial charge in [0.15, 0.2) is 0 Å². The summed E-state index contributed by atoms with van der Waals surface area (Å²) < 4.78 is 1.14. The molecule has 4 nitrogen and oxygen atoms in total. The van der Waals surface area contributed by atoms with Gasteiger partial charge in [-0.05, 0) is 56.5 Å². The highest BCUT2D eigenvalue weighted by Crippen LogP contribution is 2.25. The molecule has 0 aliphatic carbocycles. The first-order valence-electron chi connectivity index (χ1n) is 8.23. The second-order valence-electron chi connectivity index (χ2n) is 6.05. The molecule has 1 aromatic heterocycles. The number of carbonyl (C=O) groups is 1. The van der Waals surface area contributed by atoms with E-state index in [1.807, 2.05) is 18.2 Å². The van der Waals surface area contributed by atoms with E-state index < -0.39 is 0 Å². The molecule has 0 unspecified atom stereocenters. The fourth-order valence-electron chi connectivity index (χ4n) is 2.96. The van der Waals surface area contributed by atoms with E-state index in [9.17, 15) is 4.79 Å². The smallest absolute Gasteiger partial charge is 0.220 e. The molecule has 1 saturated heterocycles. The van der Waals surface area contributed by atoms with Crippen LogP contribution in [0.25, 0.3) is 10.2 Å². The molecule has 1 amide bonds. The maximum Gasteiger partial charge on any atom is 0.220 e. The monoisotopic (exact) mass is 351 g/mol. The van der Waals surface area contributed by atoms with E-state index in [1.54, 1.807) is 11.3 Å². The lowest BCUT2D eigenvalue weighted by molar-refractivity contribution is -0.121. The first-order chi connectivity index (χ1) is 11.2. The Morgan fingerprint density at radius 2 is 2.22 bits per heavy atom.